The van der Waals surface area contributed by atoms with E-state index in [0.29, 0.717) is 19.5 Å². The van der Waals surface area contributed by atoms with Crippen molar-refractivity contribution < 1.29 is 4.79 Å². The van der Waals surface area contributed by atoms with Crippen molar-refractivity contribution in [3.8, 4) is 0 Å². The fourth-order valence-electron chi connectivity index (χ4n) is 1.31. The van der Waals surface area contributed by atoms with Crippen LogP contribution in [0.4, 0.5) is 0 Å². The summed E-state index contributed by atoms with van der Waals surface area (Å²) in [5, 5.41) is 6.15. The molecule has 0 aliphatic rings. The van der Waals surface area contributed by atoms with Gasteiger partial charge >= 0.3 is 0 Å². The molecule has 4 heteroatoms. The molecule has 0 bridgehead atoms. The zero-order valence-electron chi connectivity index (χ0n) is 10.3. The minimum Gasteiger partial charge on any atom is -0.367 e. The smallest absolute Gasteiger partial charge is 0.221 e. The van der Waals surface area contributed by atoms with Crippen LogP contribution in [0.2, 0.25) is 0 Å². The summed E-state index contributed by atoms with van der Waals surface area (Å²) in [6.45, 7) is 7.57. The van der Waals surface area contributed by atoms with E-state index in [2.05, 4.69) is 36.4 Å². The molecule has 1 aromatic heterocycles. The van der Waals surface area contributed by atoms with Gasteiger partial charge in [0.05, 0.1) is 0 Å². The fraction of sp³-hybridized carbons (Fsp3) is 0.583. The van der Waals surface area contributed by atoms with Crippen LogP contribution in [0, 0.1) is 0 Å². The zero-order valence-corrected chi connectivity index (χ0v) is 10.3. The van der Waals surface area contributed by atoms with E-state index in [4.69, 9.17) is 0 Å². The summed E-state index contributed by atoms with van der Waals surface area (Å²) in [5.74, 6) is 0.0814. The molecule has 0 unspecified atom stereocenters. The Morgan fingerprint density at radius 3 is 2.75 bits per heavy atom. The van der Waals surface area contributed by atoms with Gasteiger partial charge in [-0.1, -0.05) is 0 Å². The molecule has 1 heterocycles. The molecule has 1 aromatic rings. The van der Waals surface area contributed by atoms with Crippen LogP contribution in [0.3, 0.4) is 0 Å². The van der Waals surface area contributed by atoms with Gasteiger partial charge in [-0.15, -0.1) is 0 Å². The van der Waals surface area contributed by atoms with E-state index in [-0.39, 0.29) is 11.4 Å². The Morgan fingerprint density at radius 2 is 2.19 bits per heavy atom. The van der Waals surface area contributed by atoms with Crippen molar-refractivity contribution >= 4 is 5.91 Å². The van der Waals surface area contributed by atoms with Gasteiger partial charge in [-0.2, -0.15) is 0 Å². The molecular formula is C12H21N3O. The Labute approximate surface area is 96.8 Å². The highest BCUT2D eigenvalue weighted by Crippen LogP contribution is 1.98. The molecule has 16 heavy (non-hydrogen) atoms. The average molecular weight is 223 g/mol. The van der Waals surface area contributed by atoms with Crippen molar-refractivity contribution in [3.05, 3.63) is 24.0 Å². The summed E-state index contributed by atoms with van der Waals surface area (Å²) in [5.41, 5.74) is 1.16. The van der Waals surface area contributed by atoms with Gasteiger partial charge in [-0.25, -0.2) is 0 Å². The predicted octanol–water partition coefficient (Wildman–Crippen LogP) is 1.41. The minimum atomic E-state index is 0.0704. The summed E-state index contributed by atoms with van der Waals surface area (Å²) in [7, 11) is 0. The van der Waals surface area contributed by atoms with Crippen molar-refractivity contribution in [1.29, 1.82) is 0 Å². The average Bonchev–Trinajstić information content (AvgIpc) is 2.65. The van der Waals surface area contributed by atoms with Gasteiger partial charge in [0, 0.05) is 37.4 Å². The highest BCUT2D eigenvalue weighted by Gasteiger charge is 2.09. The van der Waals surface area contributed by atoms with Gasteiger partial charge in [0.25, 0.3) is 0 Å². The van der Waals surface area contributed by atoms with E-state index < -0.39 is 0 Å². The lowest BCUT2D eigenvalue weighted by Crippen LogP contribution is -2.38. The predicted molar refractivity (Wildman–Crippen MR) is 65.0 cm³/mol. The summed E-state index contributed by atoms with van der Waals surface area (Å²) in [6.07, 6.45) is 4.25. The first-order valence-corrected chi connectivity index (χ1v) is 5.61. The second-order valence-electron chi connectivity index (χ2n) is 4.92. The number of H-pyrrole nitrogens is 1. The van der Waals surface area contributed by atoms with E-state index in [1.54, 1.807) is 0 Å². The molecule has 0 atom stereocenters. The number of aromatic amines is 1. The first-order chi connectivity index (χ1) is 7.47. The van der Waals surface area contributed by atoms with Crippen LogP contribution < -0.4 is 10.6 Å². The second kappa shape index (κ2) is 5.70. The molecule has 0 aliphatic carbocycles. The van der Waals surface area contributed by atoms with Crippen molar-refractivity contribution in [1.82, 2.24) is 15.6 Å². The normalized spacial score (nSPS) is 11.4. The topological polar surface area (TPSA) is 56.9 Å². The molecule has 0 saturated heterocycles. The molecule has 0 aromatic carbocycles. The van der Waals surface area contributed by atoms with Crippen LogP contribution in [0.1, 0.15) is 32.8 Å². The standard InChI is InChI=1S/C12H21N3O/c1-12(2,3)15-7-5-11(16)14-9-10-4-6-13-8-10/h4,6,8,13,15H,5,7,9H2,1-3H3,(H,14,16). The number of hydrogen-bond acceptors (Lipinski definition) is 2. The van der Waals surface area contributed by atoms with Gasteiger partial charge in [0.2, 0.25) is 5.91 Å². The lowest BCUT2D eigenvalue weighted by atomic mass is 10.1. The summed E-state index contributed by atoms with van der Waals surface area (Å²) >= 11 is 0. The van der Waals surface area contributed by atoms with E-state index in [1.807, 2.05) is 18.5 Å². The highest BCUT2D eigenvalue weighted by atomic mass is 16.1. The first kappa shape index (κ1) is 12.8. The Balaban J connectivity index is 2.12. The third-order valence-corrected chi connectivity index (χ3v) is 2.16. The first-order valence-electron chi connectivity index (χ1n) is 5.61. The number of carbonyl (C=O) groups is 1. The quantitative estimate of drug-likeness (QED) is 0.707. The molecule has 0 aliphatic heterocycles. The maximum atomic E-state index is 11.5. The molecule has 4 nitrogen and oxygen atoms in total. The minimum absolute atomic E-state index is 0.0704. The summed E-state index contributed by atoms with van der Waals surface area (Å²) in [6, 6.07) is 1.95. The van der Waals surface area contributed by atoms with Crippen LogP contribution in [-0.2, 0) is 11.3 Å². The molecule has 1 rings (SSSR count). The van der Waals surface area contributed by atoms with E-state index in [0.717, 1.165) is 5.56 Å². The lowest BCUT2D eigenvalue weighted by Gasteiger charge is -2.20. The monoisotopic (exact) mass is 223 g/mol. The highest BCUT2D eigenvalue weighted by molar-refractivity contribution is 5.76. The molecule has 0 spiro atoms. The molecule has 3 N–H and O–H groups in total. The van der Waals surface area contributed by atoms with E-state index in [9.17, 15) is 4.79 Å². The Kier molecular flexibility index (Phi) is 4.55. The molecule has 1 amide bonds. The zero-order chi connectivity index (χ0) is 12.0. The maximum absolute atomic E-state index is 11.5. The van der Waals surface area contributed by atoms with Crippen molar-refractivity contribution in [2.45, 2.75) is 39.3 Å². The van der Waals surface area contributed by atoms with Gasteiger partial charge < -0.3 is 15.6 Å². The molecule has 0 fully saturated rings. The number of amides is 1. The van der Waals surface area contributed by atoms with Crippen LogP contribution >= 0.6 is 0 Å². The Hall–Kier alpha value is -1.29. The number of nitrogens with one attached hydrogen (secondary N) is 3. The third-order valence-electron chi connectivity index (χ3n) is 2.16. The van der Waals surface area contributed by atoms with Crippen LogP contribution in [0.5, 0.6) is 0 Å². The summed E-state index contributed by atoms with van der Waals surface area (Å²) < 4.78 is 0. The molecule has 0 saturated carbocycles. The van der Waals surface area contributed by atoms with Crippen LogP contribution in [0.25, 0.3) is 0 Å². The largest absolute Gasteiger partial charge is 0.367 e. The fourth-order valence-corrected chi connectivity index (χ4v) is 1.31. The Morgan fingerprint density at radius 1 is 1.44 bits per heavy atom. The number of hydrogen-bond donors (Lipinski definition) is 3. The van der Waals surface area contributed by atoms with Gasteiger partial charge in [-0.3, -0.25) is 4.79 Å². The maximum Gasteiger partial charge on any atom is 0.221 e. The number of carbonyl (C=O) groups excluding carboxylic acids is 1. The second-order valence-corrected chi connectivity index (χ2v) is 4.92. The van der Waals surface area contributed by atoms with Crippen molar-refractivity contribution in [2.24, 2.45) is 0 Å². The molecule has 0 radical (unpaired) electrons. The van der Waals surface area contributed by atoms with E-state index in [1.165, 1.54) is 0 Å². The van der Waals surface area contributed by atoms with Crippen LogP contribution in [0.15, 0.2) is 18.5 Å². The molecule has 90 valence electrons. The lowest BCUT2D eigenvalue weighted by molar-refractivity contribution is -0.121. The van der Waals surface area contributed by atoms with Crippen molar-refractivity contribution in [3.63, 3.8) is 0 Å². The summed E-state index contributed by atoms with van der Waals surface area (Å²) in [4.78, 5) is 14.4. The van der Waals surface area contributed by atoms with Crippen molar-refractivity contribution in [2.75, 3.05) is 6.54 Å². The van der Waals surface area contributed by atoms with Crippen LogP contribution in [-0.4, -0.2) is 23.0 Å². The van der Waals surface area contributed by atoms with Gasteiger partial charge in [0.15, 0.2) is 0 Å². The Bertz CT molecular complexity index is 312. The third kappa shape index (κ3) is 5.56. The number of aromatic nitrogens is 1. The van der Waals surface area contributed by atoms with Gasteiger partial charge in [0.1, 0.15) is 0 Å². The van der Waals surface area contributed by atoms with E-state index >= 15 is 0 Å². The SMILES string of the molecule is CC(C)(C)NCCC(=O)NCc1cc[nH]c1. The van der Waals surface area contributed by atoms with Gasteiger partial charge in [-0.05, 0) is 32.4 Å². The number of rotatable bonds is 5. The molecular weight excluding hydrogens is 202 g/mol.